The molecule has 142 valence electrons. The van der Waals surface area contributed by atoms with Crippen LogP contribution < -0.4 is 5.56 Å². The first kappa shape index (κ1) is 18.2. The van der Waals surface area contributed by atoms with Gasteiger partial charge in [0, 0.05) is 23.7 Å². The van der Waals surface area contributed by atoms with Gasteiger partial charge in [0.2, 0.25) is 0 Å². The van der Waals surface area contributed by atoms with Crippen LogP contribution in [0.1, 0.15) is 37.7 Å². The third-order valence-electron chi connectivity index (χ3n) is 5.21. The first-order valence-corrected chi connectivity index (χ1v) is 10.1. The van der Waals surface area contributed by atoms with Gasteiger partial charge in [0.25, 0.3) is 5.56 Å². The summed E-state index contributed by atoms with van der Waals surface area (Å²) in [6, 6.07) is 5.24. The predicted octanol–water partition coefficient (Wildman–Crippen LogP) is 4.81. The molecule has 27 heavy (non-hydrogen) atoms. The lowest BCUT2D eigenvalue weighted by Gasteiger charge is -2.22. The van der Waals surface area contributed by atoms with Crippen LogP contribution in [0.5, 0.6) is 0 Å². The Balaban J connectivity index is 1.66. The number of aryl methyl sites for hydroxylation is 1. The topological polar surface area (TPSA) is 39.3 Å². The fourth-order valence-corrected chi connectivity index (χ4v) is 4.53. The molecule has 0 amide bonds. The molecule has 4 rings (SSSR count). The van der Waals surface area contributed by atoms with Crippen molar-refractivity contribution in [2.75, 3.05) is 0 Å². The summed E-state index contributed by atoms with van der Waals surface area (Å²) in [7, 11) is 0. The summed E-state index contributed by atoms with van der Waals surface area (Å²) in [4.78, 5) is 17.6. The van der Waals surface area contributed by atoms with E-state index in [1.54, 1.807) is 22.2 Å². The smallest absolute Gasteiger partial charge is 0.267 e. The van der Waals surface area contributed by atoms with Crippen molar-refractivity contribution in [3.63, 3.8) is 0 Å². The van der Waals surface area contributed by atoms with Gasteiger partial charge in [0.05, 0.1) is 5.56 Å². The lowest BCUT2D eigenvalue weighted by molar-refractivity contribution is 0.299. The number of benzene rings is 1. The molecule has 0 unspecified atom stereocenters. The molecular formula is C20H21F2N3OS. The van der Waals surface area contributed by atoms with Crippen LogP contribution in [0.15, 0.2) is 45.2 Å². The van der Waals surface area contributed by atoms with E-state index in [2.05, 4.69) is 4.98 Å². The van der Waals surface area contributed by atoms with E-state index in [1.165, 1.54) is 31.4 Å². The fraction of sp³-hybridized carbons (Fsp3) is 0.400. The Bertz CT molecular complexity index is 1040. The Hall–Kier alpha value is -2.15. The monoisotopic (exact) mass is 389 g/mol. The summed E-state index contributed by atoms with van der Waals surface area (Å²) >= 11 is 1.12. The lowest BCUT2D eigenvalue weighted by atomic mass is 9.89. The van der Waals surface area contributed by atoms with Gasteiger partial charge in [-0.15, -0.1) is 0 Å². The molecule has 7 heteroatoms. The number of rotatable bonds is 4. The van der Waals surface area contributed by atoms with Gasteiger partial charge in [-0.25, -0.2) is 23.0 Å². The molecule has 0 N–H and O–H groups in total. The zero-order valence-corrected chi connectivity index (χ0v) is 15.9. The highest BCUT2D eigenvalue weighted by molar-refractivity contribution is 7.99. The molecule has 1 aliphatic rings. The molecule has 3 aromatic rings. The van der Waals surface area contributed by atoms with Gasteiger partial charge in [-0.2, -0.15) is 0 Å². The summed E-state index contributed by atoms with van der Waals surface area (Å²) in [5.74, 6) is -0.704. The Morgan fingerprint density at radius 3 is 2.70 bits per heavy atom. The molecule has 0 radical (unpaired) electrons. The zero-order chi connectivity index (χ0) is 19.0. The lowest BCUT2D eigenvalue weighted by Crippen LogP contribution is -2.26. The van der Waals surface area contributed by atoms with E-state index in [0.29, 0.717) is 33.6 Å². The molecule has 1 aromatic carbocycles. The van der Waals surface area contributed by atoms with E-state index in [-0.39, 0.29) is 5.56 Å². The van der Waals surface area contributed by atoms with E-state index in [0.717, 1.165) is 30.7 Å². The van der Waals surface area contributed by atoms with Crippen LogP contribution in [-0.2, 0) is 6.54 Å². The molecular weight excluding hydrogens is 368 g/mol. The molecule has 0 spiro atoms. The van der Waals surface area contributed by atoms with Gasteiger partial charge in [0.15, 0.2) is 5.65 Å². The van der Waals surface area contributed by atoms with Gasteiger partial charge in [0.1, 0.15) is 16.7 Å². The van der Waals surface area contributed by atoms with Crippen molar-refractivity contribution < 1.29 is 8.78 Å². The average Bonchev–Trinajstić information content (AvgIpc) is 2.90. The second kappa shape index (κ2) is 7.46. The van der Waals surface area contributed by atoms with Crippen molar-refractivity contribution in [1.29, 1.82) is 0 Å². The number of hydrogen-bond donors (Lipinski definition) is 0. The normalized spacial score (nSPS) is 15.5. The van der Waals surface area contributed by atoms with Crippen LogP contribution in [0.4, 0.5) is 8.78 Å². The van der Waals surface area contributed by atoms with E-state index in [4.69, 9.17) is 0 Å². The molecule has 0 atom stereocenters. The van der Waals surface area contributed by atoms with Gasteiger partial charge < -0.3 is 0 Å². The molecule has 1 fully saturated rings. The highest BCUT2D eigenvalue weighted by atomic mass is 32.2. The molecule has 2 heterocycles. The average molecular weight is 389 g/mol. The SMILES string of the molecule is Cc1c(=O)n(CC2CCCCC2)n2ccc(Sc3ccc(F)cc3F)nc12. The van der Waals surface area contributed by atoms with Crippen LogP contribution in [0.3, 0.4) is 0 Å². The Morgan fingerprint density at radius 1 is 1.19 bits per heavy atom. The maximum Gasteiger partial charge on any atom is 0.272 e. The van der Waals surface area contributed by atoms with Gasteiger partial charge >= 0.3 is 0 Å². The molecule has 1 aliphatic carbocycles. The van der Waals surface area contributed by atoms with Crippen molar-refractivity contribution in [3.8, 4) is 0 Å². The van der Waals surface area contributed by atoms with Crippen LogP contribution in [-0.4, -0.2) is 14.2 Å². The zero-order valence-electron chi connectivity index (χ0n) is 15.1. The molecule has 2 aromatic heterocycles. The quantitative estimate of drug-likeness (QED) is 0.601. The highest BCUT2D eigenvalue weighted by Gasteiger charge is 2.19. The van der Waals surface area contributed by atoms with Gasteiger partial charge in [-0.05, 0) is 43.9 Å². The van der Waals surface area contributed by atoms with Crippen molar-refractivity contribution in [1.82, 2.24) is 14.2 Å². The Morgan fingerprint density at radius 2 is 1.96 bits per heavy atom. The van der Waals surface area contributed by atoms with Gasteiger partial charge in [-0.1, -0.05) is 31.0 Å². The number of hydrogen-bond acceptors (Lipinski definition) is 3. The third-order valence-corrected chi connectivity index (χ3v) is 6.19. The summed E-state index contributed by atoms with van der Waals surface area (Å²) in [6.45, 7) is 2.48. The first-order valence-electron chi connectivity index (χ1n) is 9.24. The molecule has 1 saturated carbocycles. The van der Waals surface area contributed by atoms with Gasteiger partial charge in [-0.3, -0.25) is 4.79 Å². The second-order valence-corrected chi connectivity index (χ2v) is 8.19. The minimum absolute atomic E-state index is 0.0248. The number of nitrogens with zero attached hydrogens (tertiary/aromatic N) is 3. The minimum Gasteiger partial charge on any atom is -0.267 e. The van der Waals surface area contributed by atoms with Crippen molar-refractivity contribution in [2.24, 2.45) is 5.92 Å². The number of fused-ring (bicyclic) bond motifs is 1. The summed E-state index contributed by atoms with van der Waals surface area (Å²) < 4.78 is 30.6. The summed E-state index contributed by atoms with van der Waals surface area (Å²) in [5, 5.41) is 0.568. The fourth-order valence-electron chi connectivity index (χ4n) is 3.75. The largest absolute Gasteiger partial charge is 0.272 e. The number of halogens is 2. The van der Waals surface area contributed by atoms with Crippen molar-refractivity contribution in [2.45, 2.75) is 55.5 Å². The number of aromatic nitrogens is 3. The van der Waals surface area contributed by atoms with E-state index in [1.807, 2.05) is 6.20 Å². The standard InChI is InChI=1S/C20H21F2N3OS/c1-13-19-23-18(27-17-8-7-15(21)11-16(17)22)9-10-24(19)25(20(13)26)12-14-5-3-2-4-6-14/h7-11,14H,2-6,12H2,1H3. The van der Waals surface area contributed by atoms with Crippen LogP contribution >= 0.6 is 11.8 Å². The van der Waals surface area contributed by atoms with E-state index in [9.17, 15) is 13.6 Å². The predicted molar refractivity (Wildman–Crippen MR) is 101 cm³/mol. The van der Waals surface area contributed by atoms with Crippen LogP contribution in [0, 0.1) is 24.5 Å². The Labute approximate surface area is 160 Å². The highest BCUT2D eigenvalue weighted by Crippen LogP contribution is 2.29. The first-order chi connectivity index (χ1) is 13.0. The van der Waals surface area contributed by atoms with Crippen LogP contribution in [0.2, 0.25) is 0 Å². The van der Waals surface area contributed by atoms with E-state index >= 15 is 0 Å². The van der Waals surface area contributed by atoms with Crippen LogP contribution in [0.25, 0.3) is 5.65 Å². The molecule has 4 nitrogen and oxygen atoms in total. The van der Waals surface area contributed by atoms with Crippen molar-refractivity contribution in [3.05, 3.63) is 58.0 Å². The van der Waals surface area contributed by atoms with Crippen molar-refractivity contribution >= 4 is 17.4 Å². The maximum atomic E-state index is 13.9. The molecule has 0 aliphatic heterocycles. The second-order valence-electron chi connectivity index (χ2n) is 7.13. The minimum atomic E-state index is -0.620. The third kappa shape index (κ3) is 3.65. The molecule has 0 saturated heterocycles. The Kier molecular flexibility index (Phi) is 5.04. The maximum absolute atomic E-state index is 13.9. The van der Waals surface area contributed by atoms with E-state index < -0.39 is 11.6 Å². The summed E-state index contributed by atoms with van der Waals surface area (Å²) in [5.41, 5.74) is 1.15. The molecule has 0 bridgehead atoms. The summed E-state index contributed by atoms with van der Waals surface area (Å²) in [6.07, 6.45) is 7.85.